The summed E-state index contributed by atoms with van der Waals surface area (Å²) in [5.41, 5.74) is -2.26. The maximum Gasteiger partial charge on any atom is 0.442 e. The van der Waals surface area contributed by atoms with Gasteiger partial charge in [-0.15, -0.1) is 0 Å². The monoisotopic (exact) mass is 369 g/mol. The highest BCUT2D eigenvalue weighted by Gasteiger charge is 2.28. The Morgan fingerprint density at radius 2 is 1.92 bits per heavy atom. The van der Waals surface area contributed by atoms with Crippen molar-refractivity contribution in [1.82, 2.24) is 4.98 Å². The van der Waals surface area contributed by atoms with Gasteiger partial charge >= 0.3 is 5.51 Å². The molecule has 0 atom stereocenters. The predicted molar refractivity (Wildman–Crippen MR) is 102 cm³/mol. The van der Waals surface area contributed by atoms with Crippen molar-refractivity contribution < 1.29 is 13.2 Å². The molecule has 0 amide bonds. The summed E-state index contributed by atoms with van der Waals surface area (Å²) in [5.74, 6) is -0.186. The lowest BCUT2D eigenvalue weighted by atomic mass is 10.2. The standard InChI is InChI=1S/C16H16F3N3S.C2H6/c1-3-8-22(11-20-2)14-6-7-15-12(9-14)4-5-13(21-15)10-23-16(17,18)19;1-2/h3-9,11H,10H2,1-2H3;1-2H3/b8-3+,20-11?;. The van der Waals surface area contributed by atoms with Crippen molar-refractivity contribution in [3.63, 3.8) is 0 Å². The highest BCUT2D eigenvalue weighted by molar-refractivity contribution is 7.99. The number of allylic oxidation sites excluding steroid dienone is 1. The van der Waals surface area contributed by atoms with Gasteiger partial charge < -0.3 is 4.90 Å². The number of benzene rings is 1. The Balaban J connectivity index is 0.00000151. The molecule has 0 aliphatic heterocycles. The van der Waals surface area contributed by atoms with E-state index in [4.69, 9.17) is 0 Å². The molecule has 2 rings (SSSR count). The lowest BCUT2D eigenvalue weighted by molar-refractivity contribution is -0.0329. The van der Waals surface area contributed by atoms with Crippen LogP contribution in [0.25, 0.3) is 10.9 Å². The largest absolute Gasteiger partial charge is 0.442 e. The molecule has 0 unspecified atom stereocenters. The van der Waals surface area contributed by atoms with E-state index in [1.807, 2.05) is 50.1 Å². The first-order valence-corrected chi connectivity index (χ1v) is 8.85. The molecule has 2 aromatic rings. The lowest BCUT2D eigenvalue weighted by Gasteiger charge is -2.15. The summed E-state index contributed by atoms with van der Waals surface area (Å²) in [6, 6.07) is 8.99. The van der Waals surface area contributed by atoms with Gasteiger partial charge in [-0.3, -0.25) is 9.98 Å². The minimum atomic E-state index is -4.24. The molecule has 1 aromatic carbocycles. The minimum Gasteiger partial charge on any atom is -0.309 e. The van der Waals surface area contributed by atoms with Crippen molar-refractivity contribution in [2.24, 2.45) is 4.99 Å². The smallest absolute Gasteiger partial charge is 0.309 e. The van der Waals surface area contributed by atoms with E-state index in [1.165, 1.54) is 0 Å². The second-order valence-electron chi connectivity index (χ2n) is 4.68. The third kappa shape index (κ3) is 6.78. The number of thioether (sulfide) groups is 1. The Morgan fingerprint density at radius 1 is 1.20 bits per heavy atom. The van der Waals surface area contributed by atoms with Crippen LogP contribution in [-0.4, -0.2) is 23.9 Å². The van der Waals surface area contributed by atoms with Crippen LogP contribution in [0.15, 0.2) is 47.6 Å². The maximum absolute atomic E-state index is 12.3. The number of anilines is 1. The van der Waals surface area contributed by atoms with Crippen LogP contribution < -0.4 is 4.90 Å². The van der Waals surface area contributed by atoms with Gasteiger partial charge in [0.05, 0.1) is 17.5 Å². The van der Waals surface area contributed by atoms with Crippen molar-refractivity contribution in [1.29, 1.82) is 0 Å². The number of pyridine rings is 1. The van der Waals surface area contributed by atoms with Crippen LogP contribution in [0.2, 0.25) is 0 Å². The van der Waals surface area contributed by atoms with Gasteiger partial charge in [-0.05, 0) is 43.0 Å². The van der Waals surface area contributed by atoms with Gasteiger partial charge in [0.25, 0.3) is 0 Å². The van der Waals surface area contributed by atoms with E-state index in [2.05, 4.69) is 9.98 Å². The van der Waals surface area contributed by atoms with Gasteiger partial charge in [-0.25, -0.2) is 0 Å². The van der Waals surface area contributed by atoms with Gasteiger partial charge in [0, 0.05) is 30.1 Å². The molecule has 0 saturated heterocycles. The topological polar surface area (TPSA) is 28.5 Å². The fourth-order valence-electron chi connectivity index (χ4n) is 2.03. The second kappa shape index (κ2) is 10.1. The fraction of sp³-hybridized carbons (Fsp3) is 0.333. The minimum absolute atomic E-state index is 0.0808. The quantitative estimate of drug-likeness (QED) is 0.477. The summed E-state index contributed by atoms with van der Waals surface area (Å²) in [4.78, 5) is 10.1. The maximum atomic E-state index is 12.3. The van der Waals surface area contributed by atoms with Gasteiger partial charge in [0.15, 0.2) is 0 Å². The number of alkyl halides is 3. The second-order valence-corrected chi connectivity index (χ2v) is 5.72. The van der Waals surface area contributed by atoms with Crippen LogP contribution in [0.1, 0.15) is 26.5 Å². The molecule has 0 radical (unpaired) electrons. The van der Waals surface area contributed by atoms with Crippen molar-refractivity contribution in [3.05, 3.63) is 48.3 Å². The first-order valence-electron chi connectivity index (χ1n) is 7.87. The molecule has 25 heavy (non-hydrogen) atoms. The van der Waals surface area contributed by atoms with Crippen LogP contribution in [0.4, 0.5) is 18.9 Å². The number of aliphatic imine (C=N–C) groups is 1. The van der Waals surface area contributed by atoms with E-state index < -0.39 is 5.51 Å². The molecule has 0 saturated carbocycles. The van der Waals surface area contributed by atoms with E-state index >= 15 is 0 Å². The molecule has 3 nitrogen and oxygen atoms in total. The number of aromatic nitrogens is 1. The fourth-order valence-corrected chi connectivity index (χ4v) is 2.50. The number of rotatable bonds is 5. The summed E-state index contributed by atoms with van der Waals surface area (Å²) in [7, 11) is 1.68. The molecular formula is C18H22F3N3S. The molecule has 0 N–H and O–H groups in total. The van der Waals surface area contributed by atoms with Gasteiger partial charge in [0.2, 0.25) is 0 Å². The Kier molecular flexibility index (Phi) is 8.48. The van der Waals surface area contributed by atoms with Crippen LogP contribution in [0.3, 0.4) is 0 Å². The van der Waals surface area contributed by atoms with Gasteiger partial charge in [-0.2, -0.15) is 13.2 Å². The number of hydrogen-bond donors (Lipinski definition) is 0. The normalized spacial score (nSPS) is 11.8. The average Bonchev–Trinajstić information content (AvgIpc) is 2.60. The molecule has 7 heteroatoms. The third-order valence-electron chi connectivity index (χ3n) is 2.96. The van der Waals surface area contributed by atoms with E-state index in [9.17, 15) is 13.2 Å². The van der Waals surface area contributed by atoms with Crippen molar-refractivity contribution in [2.45, 2.75) is 32.0 Å². The summed E-state index contributed by atoms with van der Waals surface area (Å²) >= 11 is -0.0808. The molecule has 0 aliphatic rings. The zero-order valence-electron chi connectivity index (χ0n) is 14.7. The van der Waals surface area contributed by atoms with Gasteiger partial charge in [-0.1, -0.05) is 26.0 Å². The van der Waals surface area contributed by atoms with Gasteiger partial charge in [0.1, 0.15) is 0 Å². The summed E-state index contributed by atoms with van der Waals surface area (Å²) in [5, 5.41) is 0.863. The van der Waals surface area contributed by atoms with Crippen LogP contribution in [-0.2, 0) is 5.75 Å². The average molecular weight is 369 g/mol. The van der Waals surface area contributed by atoms with Crippen molar-refractivity contribution >= 4 is 34.7 Å². The van der Waals surface area contributed by atoms with E-state index in [-0.39, 0.29) is 17.5 Å². The van der Waals surface area contributed by atoms with E-state index in [1.54, 1.807) is 31.6 Å². The Bertz CT molecular complexity index is 715. The Labute approximate surface area is 150 Å². The molecule has 136 valence electrons. The molecule has 1 heterocycles. The molecule has 0 aliphatic carbocycles. The van der Waals surface area contributed by atoms with Crippen LogP contribution in [0, 0.1) is 0 Å². The summed E-state index contributed by atoms with van der Waals surface area (Å²) in [6.07, 6.45) is 5.44. The number of nitrogens with zero attached hydrogens (tertiary/aromatic N) is 3. The number of halogens is 3. The highest BCUT2D eigenvalue weighted by atomic mass is 32.2. The number of hydrogen-bond acceptors (Lipinski definition) is 3. The first kappa shape index (κ1) is 21.0. The molecular weight excluding hydrogens is 347 g/mol. The summed E-state index contributed by atoms with van der Waals surface area (Å²) in [6.45, 7) is 5.91. The third-order valence-corrected chi connectivity index (χ3v) is 3.73. The van der Waals surface area contributed by atoms with E-state index in [0.717, 1.165) is 11.1 Å². The molecule has 0 spiro atoms. The Hall–Kier alpha value is -2.02. The molecule has 0 fully saturated rings. The van der Waals surface area contributed by atoms with Crippen molar-refractivity contribution in [2.75, 3.05) is 11.9 Å². The molecule has 1 aromatic heterocycles. The SMILES string of the molecule is C/C=C/N(C=NC)c1ccc2nc(CSC(F)(F)F)ccc2c1.CC. The first-order chi connectivity index (χ1) is 11.9. The van der Waals surface area contributed by atoms with E-state index in [0.29, 0.717) is 11.2 Å². The predicted octanol–water partition coefficient (Wildman–Crippen LogP) is 6.01. The number of fused-ring (bicyclic) bond motifs is 1. The van der Waals surface area contributed by atoms with Crippen LogP contribution in [0.5, 0.6) is 0 Å². The zero-order valence-corrected chi connectivity index (χ0v) is 15.5. The summed E-state index contributed by atoms with van der Waals surface area (Å²) < 4.78 is 36.8. The van der Waals surface area contributed by atoms with Crippen molar-refractivity contribution in [3.8, 4) is 0 Å². The Morgan fingerprint density at radius 3 is 2.52 bits per heavy atom. The van der Waals surface area contributed by atoms with Crippen LogP contribution >= 0.6 is 11.8 Å². The molecule has 0 bridgehead atoms. The zero-order chi connectivity index (χ0) is 18.9. The lowest BCUT2D eigenvalue weighted by Crippen LogP contribution is -2.12. The highest BCUT2D eigenvalue weighted by Crippen LogP contribution is 2.33.